The van der Waals surface area contributed by atoms with E-state index < -0.39 is 4.92 Å². The third-order valence-corrected chi connectivity index (χ3v) is 3.74. The van der Waals surface area contributed by atoms with Crippen LogP contribution in [0.5, 0.6) is 0 Å². The molecule has 1 atom stereocenters. The second kappa shape index (κ2) is 10.6. The lowest BCUT2D eigenvalue weighted by molar-refractivity contribution is -0.384. The molecule has 1 saturated heterocycles. The first-order valence-electron chi connectivity index (χ1n) is 8.64. The zero-order valence-corrected chi connectivity index (χ0v) is 14.6. The van der Waals surface area contributed by atoms with Gasteiger partial charge in [0.2, 0.25) is 0 Å². The van der Waals surface area contributed by atoms with E-state index in [1.807, 2.05) is 13.0 Å². The van der Waals surface area contributed by atoms with Crippen LogP contribution in [-0.4, -0.2) is 49.9 Å². The van der Waals surface area contributed by atoms with E-state index in [2.05, 4.69) is 15.6 Å². The standard InChI is InChI=1S/C17H26N4O4/c1-2-18-17(19-8-4-9-25-16-7-10-24-13-16)20-12-14-5-3-6-15(11-14)21(22)23/h3,5-6,11,16H,2,4,7-10,12-13H2,1H3,(H2,18,19,20). The van der Waals surface area contributed by atoms with Crippen molar-refractivity contribution in [1.82, 2.24) is 10.6 Å². The van der Waals surface area contributed by atoms with Gasteiger partial charge in [-0.1, -0.05) is 12.1 Å². The van der Waals surface area contributed by atoms with Crippen LogP contribution in [0.4, 0.5) is 5.69 Å². The summed E-state index contributed by atoms with van der Waals surface area (Å²) >= 11 is 0. The van der Waals surface area contributed by atoms with Crippen molar-refractivity contribution in [2.75, 3.05) is 32.9 Å². The number of hydrogen-bond acceptors (Lipinski definition) is 5. The molecule has 1 aromatic carbocycles. The monoisotopic (exact) mass is 350 g/mol. The number of nitro groups is 1. The van der Waals surface area contributed by atoms with Gasteiger partial charge in [0.15, 0.2) is 5.96 Å². The van der Waals surface area contributed by atoms with Gasteiger partial charge in [-0.05, 0) is 25.3 Å². The van der Waals surface area contributed by atoms with Gasteiger partial charge in [-0.15, -0.1) is 0 Å². The van der Waals surface area contributed by atoms with Crippen LogP contribution in [-0.2, 0) is 16.0 Å². The summed E-state index contributed by atoms with van der Waals surface area (Å²) in [7, 11) is 0. The molecule has 1 heterocycles. The lowest BCUT2D eigenvalue weighted by Gasteiger charge is -2.13. The van der Waals surface area contributed by atoms with E-state index in [1.54, 1.807) is 12.1 Å². The predicted molar refractivity (Wildman–Crippen MR) is 95.7 cm³/mol. The minimum atomic E-state index is -0.397. The number of aliphatic imine (C=N–C) groups is 1. The van der Waals surface area contributed by atoms with Crippen LogP contribution in [0.25, 0.3) is 0 Å². The van der Waals surface area contributed by atoms with Gasteiger partial charge in [0.1, 0.15) is 0 Å². The molecule has 1 fully saturated rings. The fourth-order valence-corrected chi connectivity index (χ4v) is 2.45. The van der Waals surface area contributed by atoms with E-state index in [4.69, 9.17) is 9.47 Å². The van der Waals surface area contributed by atoms with Crippen LogP contribution in [0.1, 0.15) is 25.3 Å². The van der Waals surface area contributed by atoms with Crippen LogP contribution >= 0.6 is 0 Å². The largest absolute Gasteiger partial charge is 0.379 e. The average Bonchev–Trinajstić information content (AvgIpc) is 3.13. The van der Waals surface area contributed by atoms with E-state index >= 15 is 0 Å². The zero-order chi connectivity index (χ0) is 17.9. The van der Waals surface area contributed by atoms with E-state index in [1.165, 1.54) is 6.07 Å². The Labute approximate surface area is 147 Å². The van der Waals surface area contributed by atoms with Gasteiger partial charge in [-0.2, -0.15) is 0 Å². The maximum Gasteiger partial charge on any atom is 0.269 e. The minimum Gasteiger partial charge on any atom is -0.379 e. The van der Waals surface area contributed by atoms with E-state index in [0.29, 0.717) is 25.7 Å². The molecule has 0 amide bonds. The van der Waals surface area contributed by atoms with E-state index in [0.717, 1.165) is 38.1 Å². The predicted octanol–water partition coefficient (Wildman–Crippen LogP) is 1.85. The normalized spacial score (nSPS) is 17.5. The van der Waals surface area contributed by atoms with Crippen LogP contribution in [0.3, 0.4) is 0 Å². The fourth-order valence-electron chi connectivity index (χ4n) is 2.45. The van der Waals surface area contributed by atoms with Crippen molar-refractivity contribution >= 4 is 11.6 Å². The molecule has 0 aromatic heterocycles. The molecule has 8 heteroatoms. The molecule has 1 aliphatic heterocycles. The summed E-state index contributed by atoms with van der Waals surface area (Å²) in [5, 5.41) is 17.2. The number of nitro benzene ring substituents is 1. The van der Waals surface area contributed by atoms with Gasteiger partial charge in [-0.25, -0.2) is 4.99 Å². The van der Waals surface area contributed by atoms with Crippen molar-refractivity contribution in [3.8, 4) is 0 Å². The maximum absolute atomic E-state index is 10.8. The van der Waals surface area contributed by atoms with Gasteiger partial charge >= 0.3 is 0 Å². The lowest BCUT2D eigenvalue weighted by atomic mass is 10.2. The number of ether oxygens (including phenoxy) is 2. The van der Waals surface area contributed by atoms with Gasteiger partial charge in [0, 0.05) is 38.4 Å². The SMILES string of the molecule is CCNC(=NCc1cccc([N+](=O)[O-])c1)NCCCOC1CCOC1. The number of rotatable bonds is 9. The first-order valence-corrected chi connectivity index (χ1v) is 8.64. The third-order valence-electron chi connectivity index (χ3n) is 3.74. The zero-order valence-electron chi connectivity index (χ0n) is 14.6. The summed E-state index contributed by atoms with van der Waals surface area (Å²) in [5.41, 5.74) is 0.884. The van der Waals surface area contributed by atoms with Gasteiger partial charge in [0.05, 0.1) is 24.2 Å². The van der Waals surface area contributed by atoms with E-state index in [9.17, 15) is 10.1 Å². The Morgan fingerprint density at radius 3 is 3.08 bits per heavy atom. The third kappa shape index (κ3) is 7.06. The quantitative estimate of drug-likeness (QED) is 0.232. The van der Waals surface area contributed by atoms with Crippen LogP contribution in [0.15, 0.2) is 29.3 Å². The Hall–Kier alpha value is -2.19. The smallest absolute Gasteiger partial charge is 0.269 e. The first kappa shape index (κ1) is 19.1. The molecule has 2 N–H and O–H groups in total. The van der Waals surface area contributed by atoms with Crippen molar-refractivity contribution in [2.45, 2.75) is 32.4 Å². The van der Waals surface area contributed by atoms with Crippen molar-refractivity contribution < 1.29 is 14.4 Å². The molecular weight excluding hydrogens is 324 g/mol. The minimum absolute atomic E-state index is 0.0821. The van der Waals surface area contributed by atoms with Crippen molar-refractivity contribution in [3.05, 3.63) is 39.9 Å². The number of benzene rings is 1. The van der Waals surface area contributed by atoms with E-state index in [-0.39, 0.29) is 11.8 Å². The Morgan fingerprint density at radius 2 is 2.36 bits per heavy atom. The summed E-state index contributed by atoms with van der Waals surface area (Å²) in [4.78, 5) is 14.9. The van der Waals surface area contributed by atoms with Gasteiger partial charge in [-0.3, -0.25) is 10.1 Å². The molecule has 1 aliphatic rings. The van der Waals surface area contributed by atoms with Crippen LogP contribution in [0, 0.1) is 10.1 Å². The highest BCUT2D eigenvalue weighted by Gasteiger charge is 2.15. The molecule has 8 nitrogen and oxygen atoms in total. The first-order chi connectivity index (χ1) is 12.2. The topological polar surface area (TPSA) is 98.0 Å². The molecule has 25 heavy (non-hydrogen) atoms. The molecule has 138 valence electrons. The van der Waals surface area contributed by atoms with Crippen molar-refractivity contribution in [1.29, 1.82) is 0 Å². The second-order valence-corrected chi connectivity index (χ2v) is 5.76. The van der Waals surface area contributed by atoms with Crippen molar-refractivity contribution in [2.24, 2.45) is 4.99 Å². The molecule has 1 aromatic rings. The average molecular weight is 350 g/mol. The van der Waals surface area contributed by atoms with Crippen LogP contribution in [0.2, 0.25) is 0 Å². The van der Waals surface area contributed by atoms with Gasteiger partial charge < -0.3 is 20.1 Å². The number of nitrogens with zero attached hydrogens (tertiary/aromatic N) is 2. The Balaban J connectivity index is 1.75. The maximum atomic E-state index is 10.8. The molecule has 0 aliphatic carbocycles. The van der Waals surface area contributed by atoms with Crippen molar-refractivity contribution in [3.63, 3.8) is 0 Å². The van der Waals surface area contributed by atoms with Crippen LogP contribution < -0.4 is 10.6 Å². The lowest BCUT2D eigenvalue weighted by Crippen LogP contribution is -2.38. The Bertz CT molecular complexity index is 574. The highest BCUT2D eigenvalue weighted by molar-refractivity contribution is 5.79. The molecule has 2 rings (SSSR count). The molecule has 0 bridgehead atoms. The second-order valence-electron chi connectivity index (χ2n) is 5.76. The highest BCUT2D eigenvalue weighted by atomic mass is 16.6. The molecule has 0 spiro atoms. The highest BCUT2D eigenvalue weighted by Crippen LogP contribution is 2.13. The fraction of sp³-hybridized carbons (Fsp3) is 0.588. The number of hydrogen-bond donors (Lipinski definition) is 2. The summed E-state index contributed by atoms with van der Waals surface area (Å²) in [6, 6.07) is 6.53. The summed E-state index contributed by atoms with van der Waals surface area (Å²) < 4.78 is 11.0. The number of nitrogens with one attached hydrogen (secondary N) is 2. The Kier molecular flexibility index (Phi) is 8.14. The summed E-state index contributed by atoms with van der Waals surface area (Å²) in [6.45, 7) is 6.04. The van der Waals surface area contributed by atoms with Gasteiger partial charge in [0.25, 0.3) is 5.69 Å². The summed E-state index contributed by atoms with van der Waals surface area (Å²) in [6.07, 6.45) is 2.08. The molecule has 0 radical (unpaired) electrons. The molecule has 1 unspecified atom stereocenters. The number of non-ortho nitro benzene ring substituents is 1. The number of guanidine groups is 1. The molecule has 0 saturated carbocycles. The Morgan fingerprint density at radius 1 is 1.48 bits per heavy atom. The summed E-state index contributed by atoms with van der Waals surface area (Å²) in [5.74, 6) is 0.693. The molecular formula is C17H26N4O4.